The number of benzene rings is 1. The summed E-state index contributed by atoms with van der Waals surface area (Å²) in [6.45, 7) is 0. The fourth-order valence-electron chi connectivity index (χ4n) is 4.27. The molecule has 4 atom stereocenters. The van der Waals surface area contributed by atoms with Crippen LogP contribution in [-0.4, -0.2) is 44.4 Å². The molecule has 2 fully saturated rings. The van der Waals surface area contributed by atoms with Crippen molar-refractivity contribution < 1.29 is 14.2 Å². The minimum absolute atomic E-state index is 0.110. The van der Waals surface area contributed by atoms with Crippen molar-refractivity contribution in [2.75, 3.05) is 0 Å². The van der Waals surface area contributed by atoms with Gasteiger partial charge >= 0.3 is 0 Å². The second-order valence-corrected chi connectivity index (χ2v) is 7.57. The number of aromatic nitrogens is 3. The first-order valence-corrected chi connectivity index (χ1v) is 9.63. The zero-order valence-corrected chi connectivity index (χ0v) is 15.3. The van der Waals surface area contributed by atoms with Crippen LogP contribution in [0.5, 0.6) is 11.6 Å². The highest BCUT2D eigenvalue weighted by Gasteiger charge is 2.41. The van der Waals surface area contributed by atoms with E-state index in [0.717, 1.165) is 30.0 Å². The van der Waals surface area contributed by atoms with Crippen LogP contribution in [0.15, 0.2) is 43.0 Å². The number of fused-ring (bicyclic) bond motifs is 3. The van der Waals surface area contributed by atoms with E-state index in [9.17, 15) is 9.50 Å². The fourth-order valence-corrected chi connectivity index (χ4v) is 4.27. The third kappa shape index (κ3) is 3.16. The lowest BCUT2D eigenvalue weighted by Gasteiger charge is -2.42. The number of halogens is 1. The molecule has 144 valence electrons. The zero-order valence-electron chi connectivity index (χ0n) is 15.3. The molecular weight excluding hydrogens is 359 g/mol. The van der Waals surface area contributed by atoms with Crippen molar-refractivity contribution in [1.82, 2.24) is 20.3 Å². The number of nitrogens with zero attached hydrogens (tertiary/aromatic N) is 3. The highest BCUT2D eigenvalue weighted by molar-refractivity contribution is 5.89. The maximum atomic E-state index is 14.7. The highest BCUT2D eigenvalue weighted by Crippen LogP contribution is 2.33. The number of pyridine rings is 1. The minimum atomic E-state index is -1.05. The number of hydrogen-bond donors (Lipinski definition) is 2. The Labute approximate surface area is 161 Å². The number of hydrogen-bond acceptors (Lipinski definition) is 6. The summed E-state index contributed by atoms with van der Waals surface area (Å²) in [4.78, 5) is 12.7. The lowest BCUT2D eigenvalue weighted by atomic mass is 9.84. The number of rotatable bonds is 3. The first-order chi connectivity index (χ1) is 13.7. The molecule has 2 saturated heterocycles. The van der Waals surface area contributed by atoms with E-state index in [-0.39, 0.29) is 11.8 Å². The number of piperidine rings is 2. The largest absolute Gasteiger partial charge is 0.507 e. The molecule has 3 aromatic rings. The van der Waals surface area contributed by atoms with Crippen LogP contribution in [0.25, 0.3) is 22.0 Å². The number of aromatic hydroxyl groups is 1. The van der Waals surface area contributed by atoms with E-state index in [4.69, 9.17) is 4.74 Å². The van der Waals surface area contributed by atoms with Crippen molar-refractivity contribution in [1.29, 1.82) is 0 Å². The predicted octanol–water partition coefficient (Wildman–Crippen LogP) is 3.40. The van der Waals surface area contributed by atoms with Gasteiger partial charge in [-0.2, -0.15) is 0 Å². The summed E-state index contributed by atoms with van der Waals surface area (Å²) in [6, 6.07) is 5.56. The summed E-state index contributed by atoms with van der Waals surface area (Å²) in [7, 11) is 0. The molecule has 0 spiro atoms. The molecule has 2 aliphatic heterocycles. The Bertz CT molecular complexity index is 997. The van der Waals surface area contributed by atoms with E-state index >= 15 is 0 Å². The zero-order chi connectivity index (χ0) is 19.1. The van der Waals surface area contributed by atoms with Gasteiger partial charge in [-0.25, -0.2) is 14.4 Å². The number of phenolic OH excluding ortho intramolecular Hbond substituents is 1. The van der Waals surface area contributed by atoms with Gasteiger partial charge in [-0.1, -0.05) is 6.42 Å². The summed E-state index contributed by atoms with van der Waals surface area (Å²) in [5, 5.41) is 15.5. The van der Waals surface area contributed by atoms with Gasteiger partial charge in [-0.05, 0) is 36.4 Å². The highest BCUT2D eigenvalue weighted by atomic mass is 19.1. The summed E-state index contributed by atoms with van der Waals surface area (Å²) in [5.41, 5.74) is 1.11. The number of phenols is 1. The van der Waals surface area contributed by atoms with Crippen molar-refractivity contribution >= 4 is 10.8 Å². The second-order valence-electron chi connectivity index (χ2n) is 7.57. The van der Waals surface area contributed by atoms with Gasteiger partial charge in [0, 0.05) is 41.8 Å². The summed E-state index contributed by atoms with van der Waals surface area (Å²) >= 11 is 0. The van der Waals surface area contributed by atoms with E-state index in [0.29, 0.717) is 29.6 Å². The van der Waals surface area contributed by atoms with Crippen LogP contribution in [0.4, 0.5) is 4.39 Å². The number of nitrogens with one attached hydrogen (secondary N) is 1. The molecule has 5 rings (SSSR count). The van der Waals surface area contributed by atoms with Crippen LogP contribution >= 0.6 is 0 Å². The smallest absolute Gasteiger partial charge is 0.232 e. The van der Waals surface area contributed by atoms with Crippen LogP contribution in [-0.2, 0) is 0 Å². The van der Waals surface area contributed by atoms with Gasteiger partial charge in [-0.3, -0.25) is 4.98 Å². The molecular formula is C21H21FN4O2. The maximum absolute atomic E-state index is 14.7. The van der Waals surface area contributed by atoms with E-state index in [1.165, 1.54) is 6.20 Å². The van der Waals surface area contributed by atoms with Gasteiger partial charge in [0.1, 0.15) is 11.9 Å². The van der Waals surface area contributed by atoms with E-state index in [1.807, 2.05) is 12.1 Å². The summed E-state index contributed by atoms with van der Waals surface area (Å²) in [5.74, 6) is 0.416. The molecule has 2 bridgehead atoms. The molecule has 7 heteroatoms. The molecule has 2 aromatic heterocycles. The van der Waals surface area contributed by atoms with E-state index < -0.39 is 12.3 Å². The van der Waals surface area contributed by atoms with Crippen LogP contribution in [0.2, 0.25) is 0 Å². The molecule has 2 unspecified atom stereocenters. The molecule has 0 saturated carbocycles. The Kier molecular flexibility index (Phi) is 4.31. The van der Waals surface area contributed by atoms with Crippen LogP contribution in [0, 0.1) is 0 Å². The van der Waals surface area contributed by atoms with Gasteiger partial charge in [0.05, 0.1) is 18.1 Å². The van der Waals surface area contributed by atoms with Crippen molar-refractivity contribution in [3.8, 4) is 22.9 Å². The fraction of sp³-hybridized carbons (Fsp3) is 0.381. The van der Waals surface area contributed by atoms with E-state index in [2.05, 4.69) is 20.3 Å². The van der Waals surface area contributed by atoms with Gasteiger partial charge in [0.2, 0.25) is 5.88 Å². The monoisotopic (exact) mass is 380 g/mol. The number of ether oxygens (including phenoxy) is 1. The SMILES string of the molecule is Oc1cc2cnccc2cc1-c1cnc(O[C@@H]2CC3CCCC(N3)[C@H]2F)cn1. The van der Waals surface area contributed by atoms with Gasteiger partial charge in [0.15, 0.2) is 6.17 Å². The lowest BCUT2D eigenvalue weighted by molar-refractivity contribution is 0.00679. The van der Waals surface area contributed by atoms with Crippen molar-refractivity contribution in [3.05, 3.63) is 43.0 Å². The molecule has 2 aliphatic rings. The van der Waals surface area contributed by atoms with Crippen molar-refractivity contribution in [2.45, 2.75) is 50.0 Å². The van der Waals surface area contributed by atoms with Crippen molar-refractivity contribution in [3.63, 3.8) is 0 Å². The Hall–Kier alpha value is -2.80. The predicted molar refractivity (Wildman–Crippen MR) is 103 cm³/mol. The Morgan fingerprint density at radius 3 is 2.89 bits per heavy atom. The molecule has 6 nitrogen and oxygen atoms in total. The first kappa shape index (κ1) is 17.3. The topological polar surface area (TPSA) is 80.2 Å². The average molecular weight is 380 g/mol. The van der Waals surface area contributed by atoms with E-state index in [1.54, 1.807) is 24.7 Å². The third-order valence-corrected chi connectivity index (χ3v) is 5.71. The molecule has 0 aliphatic carbocycles. The van der Waals surface area contributed by atoms with Crippen molar-refractivity contribution in [2.24, 2.45) is 0 Å². The Balaban J connectivity index is 1.37. The first-order valence-electron chi connectivity index (χ1n) is 9.63. The van der Waals surface area contributed by atoms with Crippen LogP contribution in [0.3, 0.4) is 0 Å². The molecule has 2 N–H and O–H groups in total. The average Bonchev–Trinajstić information content (AvgIpc) is 2.72. The number of alkyl halides is 1. The summed E-state index contributed by atoms with van der Waals surface area (Å²) < 4.78 is 20.5. The maximum Gasteiger partial charge on any atom is 0.232 e. The summed E-state index contributed by atoms with van der Waals surface area (Å²) in [6.07, 6.45) is 8.51. The normalized spacial score (nSPS) is 26.9. The second kappa shape index (κ2) is 6.98. The molecule has 0 amide bonds. The third-order valence-electron chi connectivity index (χ3n) is 5.71. The molecule has 1 aromatic carbocycles. The van der Waals surface area contributed by atoms with Gasteiger partial charge in [0.25, 0.3) is 0 Å². The van der Waals surface area contributed by atoms with Crippen LogP contribution in [0.1, 0.15) is 25.7 Å². The molecule has 0 radical (unpaired) electrons. The minimum Gasteiger partial charge on any atom is -0.507 e. The van der Waals surface area contributed by atoms with Gasteiger partial charge < -0.3 is 15.2 Å². The molecule has 28 heavy (non-hydrogen) atoms. The molecule has 4 heterocycles. The standard InChI is InChI=1S/C21H21FN4O2/c22-21-16-3-1-2-14(26-16)8-19(21)28-20-11-24-17(10-25-20)15-6-12-4-5-23-9-13(12)7-18(15)27/h4-7,9-11,14,16,19,21,26-27H,1-3,8H2/t14?,16?,19-,21-/m1/s1. The quantitative estimate of drug-likeness (QED) is 0.725. The van der Waals surface area contributed by atoms with Crippen LogP contribution < -0.4 is 10.1 Å². The Morgan fingerprint density at radius 2 is 2.04 bits per heavy atom. The lowest BCUT2D eigenvalue weighted by Crippen LogP contribution is -2.59. The van der Waals surface area contributed by atoms with Gasteiger partial charge in [-0.15, -0.1) is 0 Å². The Morgan fingerprint density at radius 1 is 1.11 bits per heavy atom.